The summed E-state index contributed by atoms with van der Waals surface area (Å²) in [5, 5.41) is 9.00. The van der Waals surface area contributed by atoms with Crippen LogP contribution in [0, 0.1) is 5.82 Å². The molecule has 0 bridgehead atoms. The van der Waals surface area contributed by atoms with Crippen molar-refractivity contribution < 1.29 is 9.18 Å². The topological polar surface area (TPSA) is 70.7 Å². The van der Waals surface area contributed by atoms with Gasteiger partial charge >= 0.3 is 0 Å². The maximum Gasteiger partial charge on any atom is 0.237 e. The summed E-state index contributed by atoms with van der Waals surface area (Å²) in [7, 11) is 0. The van der Waals surface area contributed by atoms with Gasteiger partial charge in [-0.05, 0) is 19.1 Å². The van der Waals surface area contributed by atoms with E-state index in [9.17, 15) is 9.18 Å². The van der Waals surface area contributed by atoms with Gasteiger partial charge in [0.2, 0.25) is 5.91 Å². The molecule has 7 heteroatoms. The number of thioether (sulfide) groups is 1. The molecule has 0 aliphatic carbocycles. The molecular weight excluding hydrogens is 255 g/mol. The van der Waals surface area contributed by atoms with Crippen LogP contribution in [0.1, 0.15) is 6.92 Å². The number of amides is 1. The normalized spacial score (nSPS) is 12.1. The molecule has 1 atom stereocenters. The molecule has 2 N–H and O–H groups in total. The van der Waals surface area contributed by atoms with Crippen molar-refractivity contribution in [1.29, 1.82) is 0 Å². The van der Waals surface area contributed by atoms with Crippen LogP contribution in [0.15, 0.2) is 35.7 Å². The molecule has 1 amide bonds. The van der Waals surface area contributed by atoms with Crippen LogP contribution in [0.25, 0.3) is 0 Å². The smallest absolute Gasteiger partial charge is 0.237 e. The fourth-order valence-corrected chi connectivity index (χ4v) is 1.98. The Labute approximate surface area is 107 Å². The second-order valence-electron chi connectivity index (χ2n) is 3.52. The average Bonchev–Trinajstić information content (AvgIpc) is 2.84. The lowest BCUT2D eigenvalue weighted by atomic mass is 10.3. The maximum absolute atomic E-state index is 13.3. The first kappa shape index (κ1) is 12.6. The van der Waals surface area contributed by atoms with Gasteiger partial charge in [0.15, 0.2) is 5.16 Å². The zero-order chi connectivity index (χ0) is 13.0. The number of carbonyl (C=O) groups is 1. The van der Waals surface area contributed by atoms with Gasteiger partial charge in [-0.2, -0.15) is 5.10 Å². The molecule has 0 saturated heterocycles. The Balaban J connectivity index is 1.98. The second kappa shape index (κ2) is 5.63. The monoisotopic (exact) mass is 266 g/mol. The Kier molecular flexibility index (Phi) is 3.93. The number of hydrogen-bond acceptors (Lipinski definition) is 4. The fourth-order valence-electron chi connectivity index (χ4n) is 1.27. The number of rotatable bonds is 4. The van der Waals surface area contributed by atoms with Crippen molar-refractivity contribution in [3.8, 4) is 0 Å². The minimum absolute atomic E-state index is 0.174. The third-order valence-electron chi connectivity index (χ3n) is 2.18. The van der Waals surface area contributed by atoms with E-state index in [1.54, 1.807) is 19.1 Å². The van der Waals surface area contributed by atoms with Crippen molar-refractivity contribution in [3.63, 3.8) is 0 Å². The molecule has 2 aromatic rings. The van der Waals surface area contributed by atoms with Gasteiger partial charge in [0.1, 0.15) is 12.1 Å². The molecule has 5 nitrogen and oxygen atoms in total. The Morgan fingerprint density at radius 3 is 2.94 bits per heavy atom. The Morgan fingerprint density at radius 1 is 1.50 bits per heavy atom. The minimum atomic E-state index is -0.456. The predicted molar refractivity (Wildman–Crippen MR) is 66.7 cm³/mol. The lowest BCUT2D eigenvalue weighted by Crippen LogP contribution is -2.23. The molecule has 0 aliphatic rings. The quantitative estimate of drug-likeness (QED) is 0.831. The van der Waals surface area contributed by atoms with Gasteiger partial charge in [-0.1, -0.05) is 23.9 Å². The SMILES string of the molecule is C[C@@H](Sc1ncn[nH]1)C(=O)Nc1ccccc1F. The lowest BCUT2D eigenvalue weighted by Gasteiger charge is -2.10. The van der Waals surface area contributed by atoms with Crippen LogP contribution in [-0.4, -0.2) is 26.3 Å². The highest BCUT2D eigenvalue weighted by molar-refractivity contribution is 8.00. The van der Waals surface area contributed by atoms with Crippen LogP contribution in [0.5, 0.6) is 0 Å². The van der Waals surface area contributed by atoms with E-state index in [1.165, 1.54) is 30.2 Å². The first-order chi connectivity index (χ1) is 8.66. The number of aromatic nitrogens is 3. The molecule has 0 saturated carbocycles. The van der Waals surface area contributed by atoms with E-state index in [4.69, 9.17) is 0 Å². The van der Waals surface area contributed by atoms with Gasteiger partial charge in [-0.3, -0.25) is 9.89 Å². The fraction of sp³-hybridized carbons (Fsp3) is 0.182. The number of hydrogen-bond donors (Lipinski definition) is 2. The van der Waals surface area contributed by atoms with Gasteiger partial charge in [-0.25, -0.2) is 9.37 Å². The highest BCUT2D eigenvalue weighted by atomic mass is 32.2. The van der Waals surface area contributed by atoms with E-state index in [0.717, 1.165) is 0 Å². The van der Waals surface area contributed by atoms with E-state index in [2.05, 4.69) is 20.5 Å². The number of nitrogens with one attached hydrogen (secondary N) is 2. The number of anilines is 1. The second-order valence-corrected chi connectivity index (χ2v) is 4.85. The Bertz CT molecular complexity index is 532. The molecule has 94 valence electrons. The summed E-state index contributed by atoms with van der Waals surface area (Å²) in [6.07, 6.45) is 1.36. The number of para-hydroxylation sites is 1. The van der Waals surface area contributed by atoms with Crippen molar-refractivity contribution in [2.45, 2.75) is 17.3 Å². The third kappa shape index (κ3) is 3.07. The lowest BCUT2D eigenvalue weighted by molar-refractivity contribution is -0.115. The Hall–Kier alpha value is -1.89. The number of aromatic amines is 1. The van der Waals surface area contributed by atoms with E-state index < -0.39 is 11.1 Å². The average molecular weight is 266 g/mol. The van der Waals surface area contributed by atoms with Crippen LogP contribution in [0.3, 0.4) is 0 Å². The molecule has 18 heavy (non-hydrogen) atoms. The molecule has 2 rings (SSSR count). The molecule has 0 aliphatic heterocycles. The number of halogens is 1. The van der Waals surface area contributed by atoms with E-state index >= 15 is 0 Å². The number of nitrogens with zero attached hydrogens (tertiary/aromatic N) is 2. The van der Waals surface area contributed by atoms with E-state index in [0.29, 0.717) is 5.16 Å². The summed E-state index contributed by atoms with van der Waals surface area (Å²) >= 11 is 1.22. The summed E-state index contributed by atoms with van der Waals surface area (Å²) in [4.78, 5) is 15.7. The van der Waals surface area contributed by atoms with Gasteiger partial charge < -0.3 is 5.32 Å². The molecule has 1 aromatic heterocycles. The molecule has 1 aromatic carbocycles. The van der Waals surface area contributed by atoms with Crippen LogP contribution in [0.2, 0.25) is 0 Å². The molecule has 0 unspecified atom stereocenters. The number of benzene rings is 1. The zero-order valence-electron chi connectivity index (χ0n) is 9.55. The largest absolute Gasteiger partial charge is 0.323 e. The molecule has 0 radical (unpaired) electrons. The number of carbonyl (C=O) groups excluding carboxylic acids is 1. The molecule has 1 heterocycles. The Morgan fingerprint density at radius 2 is 2.28 bits per heavy atom. The van der Waals surface area contributed by atoms with Crippen molar-refractivity contribution >= 4 is 23.4 Å². The molecule has 0 fully saturated rings. The summed E-state index contributed by atoms with van der Waals surface area (Å²) in [5.74, 6) is -0.746. The van der Waals surface area contributed by atoms with Gasteiger partial charge in [0.25, 0.3) is 0 Å². The highest BCUT2D eigenvalue weighted by Crippen LogP contribution is 2.20. The highest BCUT2D eigenvalue weighted by Gasteiger charge is 2.17. The predicted octanol–water partition coefficient (Wildman–Crippen LogP) is 2.06. The van der Waals surface area contributed by atoms with Crippen LogP contribution in [-0.2, 0) is 4.79 Å². The van der Waals surface area contributed by atoms with Crippen molar-refractivity contribution in [2.24, 2.45) is 0 Å². The molecular formula is C11H11FN4OS. The third-order valence-corrected chi connectivity index (χ3v) is 3.17. The summed E-state index contributed by atoms with van der Waals surface area (Å²) in [6, 6.07) is 6.04. The first-order valence-electron chi connectivity index (χ1n) is 5.24. The summed E-state index contributed by atoms with van der Waals surface area (Å²) in [6.45, 7) is 1.71. The van der Waals surface area contributed by atoms with Gasteiger partial charge in [0.05, 0.1) is 10.9 Å². The van der Waals surface area contributed by atoms with Gasteiger partial charge in [-0.15, -0.1) is 0 Å². The van der Waals surface area contributed by atoms with E-state index in [1.807, 2.05) is 0 Å². The van der Waals surface area contributed by atoms with E-state index in [-0.39, 0.29) is 11.6 Å². The molecule has 0 spiro atoms. The van der Waals surface area contributed by atoms with Crippen molar-refractivity contribution in [2.75, 3.05) is 5.32 Å². The van der Waals surface area contributed by atoms with Crippen molar-refractivity contribution in [1.82, 2.24) is 15.2 Å². The minimum Gasteiger partial charge on any atom is -0.323 e. The number of H-pyrrole nitrogens is 1. The van der Waals surface area contributed by atoms with Crippen molar-refractivity contribution in [3.05, 3.63) is 36.4 Å². The van der Waals surface area contributed by atoms with Crippen LogP contribution in [0.4, 0.5) is 10.1 Å². The standard InChI is InChI=1S/C11H11FN4OS/c1-7(18-11-13-6-14-16-11)10(17)15-9-5-3-2-4-8(9)12/h2-7H,1H3,(H,15,17)(H,13,14,16)/t7-/m1/s1. The van der Waals surface area contributed by atoms with Crippen LogP contribution >= 0.6 is 11.8 Å². The summed E-state index contributed by atoms with van der Waals surface area (Å²) in [5.41, 5.74) is 0.174. The zero-order valence-corrected chi connectivity index (χ0v) is 10.4. The maximum atomic E-state index is 13.3. The summed E-state index contributed by atoms with van der Waals surface area (Å²) < 4.78 is 13.3. The van der Waals surface area contributed by atoms with Gasteiger partial charge in [0, 0.05) is 0 Å². The first-order valence-corrected chi connectivity index (χ1v) is 6.12. The van der Waals surface area contributed by atoms with Crippen LogP contribution < -0.4 is 5.32 Å².